The molecule has 8 heteroatoms. The molecule has 3 rings (SSSR count). The van der Waals surface area contributed by atoms with E-state index in [0.29, 0.717) is 31.2 Å². The molecule has 5 nitrogen and oxygen atoms in total. The molecule has 2 saturated heterocycles. The standard InChI is InChI=1S/C18H22F3N3O2/c1-17-9-13(11-4-2-5-12(8-11)18(19,20)21)24(10-15(22)25)14(17)6-3-7-16(26)23-17/h2,4-5,8,13-14H,3,6-7,9-10H2,1H3,(H2,22,25)(H,23,26)/t13-,14-,17-/m0/s1. The van der Waals surface area contributed by atoms with Crippen molar-refractivity contribution in [2.75, 3.05) is 6.54 Å². The van der Waals surface area contributed by atoms with Crippen LogP contribution in [-0.4, -0.2) is 34.8 Å². The minimum Gasteiger partial charge on any atom is -0.369 e. The number of hydrogen-bond acceptors (Lipinski definition) is 3. The molecule has 0 unspecified atom stereocenters. The number of benzene rings is 1. The molecule has 1 aromatic rings. The number of nitrogens with two attached hydrogens (primary N) is 1. The Hall–Kier alpha value is -2.09. The molecule has 2 aliphatic heterocycles. The highest BCUT2D eigenvalue weighted by Gasteiger charge is 2.51. The lowest BCUT2D eigenvalue weighted by Gasteiger charge is -2.34. The van der Waals surface area contributed by atoms with Gasteiger partial charge in [-0.1, -0.05) is 12.1 Å². The molecule has 142 valence electrons. The van der Waals surface area contributed by atoms with Crippen LogP contribution in [0.3, 0.4) is 0 Å². The SMILES string of the molecule is C[C@]12C[C@@H](c3cccc(C(F)(F)F)c3)N(CC(N)=O)[C@H]1CCCC(=O)N2. The first-order valence-corrected chi connectivity index (χ1v) is 8.62. The van der Waals surface area contributed by atoms with Crippen molar-refractivity contribution in [2.24, 2.45) is 5.73 Å². The summed E-state index contributed by atoms with van der Waals surface area (Å²) < 4.78 is 39.3. The second-order valence-corrected chi connectivity index (χ2v) is 7.36. The van der Waals surface area contributed by atoms with E-state index in [1.54, 1.807) is 6.07 Å². The normalized spacial score (nSPS) is 29.8. The molecule has 0 aliphatic carbocycles. The van der Waals surface area contributed by atoms with Gasteiger partial charge in [0.05, 0.1) is 17.6 Å². The van der Waals surface area contributed by atoms with Crippen LogP contribution in [0.15, 0.2) is 24.3 Å². The van der Waals surface area contributed by atoms with Gasteiger partial charge in [-0.15, -0.1) is 0 Å². The van der Waals surface area contributed by atoms with Gasteiger partial charge in [0.15, 0.2) is 0 Å². The molecule has 0 spiro atoms. The Balaban J connectivity index is 2.00. The van der Waals surface area contributed by atoms with E-state index in [1.165, 1.54) is 6.07 Å². The van der Waals surface area contributed by atoms with Crippen molar-refractivity contribution in [2.45, 2.75) is 56.4 Å². The lowest BCUT2D eigenvalue weighted by molar-refractivity contribution is -0.137. The molecule has 1 aromatic carbocycles. The minimum absolute atomic E-state index is 0.0585. The molecular formula is C18H22F3N3O2. The topological polar surface area (TPSA) is 75.4 Å². The molecule has 0 aromatic heterocycles. The number of halogens is 3. The van der Waals surface area contributed by atoms with Crippen molar-refractivity contribution < 1.29 is 22.8 Å². The Labute approximate surface area is 149 Å². The summed E-state index contributed by atoms with van der Waals surface area (Å²) in [6.45, 7) is 1.83. The van der Waals surface area contributed by atoms with Gasteiger partial charge in [-0.05, 0) is 43.9 Å². The zero-order chi connectivity index (χ0) is 19.1. The summed E-state index contributed by atoms with van der Waals surface area (Å²) in [6.07, 6.45) is -2.26. The molecule has 2 heterocycles. The van der Waals surface area contributed by atoms with Gasteiger partial charge in [0.25, 0.3) is 0 Å². The first-order chi connectivity index (χ1) is 12.1. The monoisotopic (exact) mass is 369 g/mol. The fraction of sp³-hybridized carbons (Fsp3) is 0.556. The van der Waals surface area contributed by atoms with Gasteiger partial charge >= 0.3 is 6.18 Å². The van der Waals surface area contributed by atoms with Gasteiger partial charge in [-0.25, -0.2) is 0 Å². The maximum Gasteiger partial charge on any atom is 0.416 e. The average molecular weight is 369 g/mol. The molecule has 26 heavy (non-hydrogen) atoms. The number of nitrogens with one attached hydrogen (secondary N) is 1. The van der Waals surface area contributed by atoms with Crippen molar-refractivity contribution in [3.05, 3.63) is 35.4 Å². The number of amides is 2. The molecule has 3 atom stereocenters. The van der Waals surface area contributed by atoms with Crippen LogP contribution in [0.2, 0.25) is 0 Å². The summed E-state index contributed by atoms with van der Waals surface area (Å²) in [6, 6.07) is 4.58. The van der Waals surface area contributed by atoms with E-state index in [1.807, 2.05) is 11.8 Å². The molecule has 0 bridgehead atoms. The Morgan fingerprint density at radius 3 is 2.81 bits per heavy atom. The van der Waals surface area contributed by atoms with Crippen LogP contribution >= 0.6 is 0 Å². The third kappa shape index (κ3) is 3.56. The lowest BCUT2D eigenvalue weighted by Crippen LogP contribution is -2.53. The maximum atomic E-state index is 13.1. The molecule has 0 saturated carbocycles. The highest BCUT2D eigenvalue weighted by Crippen LogP contribution is 2.45. The highest BCUT2D eigenvalue weighted by molar-refractivity contribution is 5.78. The van der Waals surface area contributed by atoms with E-state index in [0.717, 1.165) is 12.1 Å². The minimum atomic E-state index is -4.44. The average Bonchev–Trinajstić information content (AvgIpc) is 2.69. The molecule has 0 radical (unpaired) electrons. The Kier molecular flexibility index (Phi) is 4.72. The summed E-state index contributed by atoms with van der Waals surface area (Å²) >= 11 is 0. The zero-order valence-electron chi connectivity index (χ0n) is 14.5. The van der Waals surface area contributed by atoms with Crippen molar-refractivity contribution in [3.63, 3.8) is 0 Å². The van der Waals surface area contributed by atoms with Crippen molar-refractivity contribution in [3.8, 4) is 0 Å². The second-order valence-electron chi connectivity index (χ2n) is 7.36. The van der Waals surface area contributed by atoms with Crippen LogP contribution in [0.4, 0.5) is 13.2 Å². The number of nitrogens with zero attached hydrogens (tertiary/aromatic N) is 1. The summed E-state index contributed by atoms with van der Waals surface area (Å²) in [5.41, 5.74) is 4.54. The zero-order valence-corrected chi connectivity index (χ0v) is 14.5. The van der Waals surface area contributed by atoms with Crippen LogP contribution in [0.5, 0.6) is 0 Å². The van der Waals surface area contributed by atoms with Crippen LogP contribution in [-0.2, 0) is 15.8 Å². The molecular weight excluding hydrogens is 347 g/mol. The number of primary amides is 1. The molecule has 2 fully saturated rings. The first kappa shape index (κ1) is 18.7. The number of alkyl halides is 3. The predicted octanol–water partition coefficient (Wildman–Crippen LogP) is 2.36. The largest absolute Gasteiger partial charge is 0.416 e. The number of rotatable bonds is 3. The van der Waals surface area contributed by atoms with E-state index in [-0.39, 0.29) is 18.5 Å². The number of hydrogen-bond donors (Lipinski definition) is 2. The maximum absolute atomic E-state index is 13.1. The second kappa shape index (κ2) is 6.57. The van der Waals surface area contributed by atoms with E-state index in [4.69, 9.17) is 5.73 Å². The fourth-order valence-electron chi connectivity index (χ4n) is 4.33. The summed E-state index contributed by atoms with van der Waals surface area (Å²) in [4.78, 5) is 25.5. The Morgan fingerprint density at radius 2 is 2.15 bits per heavy atom. The smallest absolute Gasteiger partial charge is 0.369 e. The molecule has 2 aliphatic rings. The van der Waals surface area contributed by atoms with Gasteiger partial charge in [-0.2, -0.15) is 13.2 Å². The molecule has 3 N–H and O–H groups in total. The summed E-state index contributed by atoms with van der Waals surface area (Å²) in [5, 5.41) is 3.01. The van der Waals surface area contributed by atoms with Crippen LogP contribution in [0, 0.1) is 0 Å². The number of likely N-dealkylation sites (tertiary alicyclic amines) is 1. The predicted molar refractivity (Wildman–Crippen MR) is 88.9 cm³/mol. The van der Waals surface area contributed by atoms with Gasteiger partial charge < -0.3 is 11.1 Å². The van der Waals surface area contributed by atoms with E-state index < -0.39 is 29.2 Å². The van der Waals surface area contributed by atoms with E-state index in [2.05, 4.69) is 5.32 Å². The van der Waals surface area contributed by atoms with Crippen molar-refractivity contribution in [1.29, 1.82) is 0 Å². The van der Waals surface area contributed by atoms with Gasteiger partial charge in [0, 0.05) is 18.5 Å². The van der Waals surface area contributed by atoms with Gasteiger partial charge in [0.1, 0.15) is 0 Å². The summed E-state index contributed by atoms with van der Waals surface area (Å²) in [5.74, 6) is -0.611. The van der Waals surface area contributed by atoms with E-state index in [9.17, 15) is 22.8 Å². The third-order valence-electron chi connectivity index (χ3n) is 5.40. The Morgan fingerprint density at radius 1 is 1.42 bits per heavy atom. The number of carbonyl (C=O) groups excluding carboxylic acids is 2. The number of fused-ring (bicyclic) bond motifs is 1. The van der Waals surface area contributed by atoms with Crippen LogP contribution in [0.1, 0.15) is 49.8 Å². The molecule has 2 amide bonds. The highest BCUT2D eigenvalue weighted by atomic mass is 19.4. The van der Waals surface area contributed by atoms with Gasteiger partial charge in [0.2, 0.25) is 11.8 Å². The van der Waals surface area contributed by atoms with Crippen LogP contribution in [0.25, 0.3) is 0 Å². The number of carbonyl (C=O) groups is 2. The van der Waals surface area contributed by atoms with Crippen molar-refractivity contribution >= 4 is 11.8 Å². The summed E-state index contributed by atoms with van der Waals surface area (Å²) in [7, 11) is 0. The lowest BCUT2D eigenvalue weighted by atomic mass is 9.88. The quantitative estimate of drug-likeness (QED) is 0.859. The van der Waals surface area contributed by atoms with E-state index >= 15 is 0 Å². The van der Waals surface area contributed by atoms with Gasteiger partial charge in [-0.3, -0.25) is 14.5 Å². The van der Waals surface area contributed by atoms with Crippen LogP contribution < -0.4 is 11.1 Å². The third-order valence-corrected chi connectivity index (χ3v) is 5.40. The van der Waals surface area contributed by atoms with Crippen molar-refractivity contribution in [1.82, 2.24) is 10.2 Å². The first-order valence-electron chi connectivity index (χ1n) is 8.62. The fourth-order valence-corrected chi connectivity index (χ4v) is 4.33. The Bertz CT molecular complexity index is 722.